The van der Waals surface area contributed by atoms with E-state index >= 15 is 0 Å². The average Bonchev–Trinajstić information content (AvgIpc) is 2.80. The van der Waals surface area contributed by atoms with Crippen molar-refractivity contribution in [3.8, 4) is 0 Å². The molecule has 0 aliphatic carbocycles. The van der Waals surface area contributed by atoms with Crippen LogP contribution in [0.15, 0.2) is 17.0 Å². The van der Waals surface area contributed by atoms with Crippen LogP contribution in [0, 0.1) is 20.8 Å². The summed E-state index contributed by atoms with van der Waals surface area (Å²) in [6.07, 6.45) is 4.10. The zero-order chi connectivity index (χ0) is 18.7. The van der Waals surface area contributed by atoms with Crippen LogP contribution in [0.25, 0.3) is 6.08 Å². The van der Waals surface area contributed by atoms with Gasteiger partial charge in [0.25, 0.3) is 5.91 Å². The molecular formula is C18H21NO3S3. The first-order valence-electron chi connectivity index (χ1n) is 7.83. The van der Waals surface area contributed by atoms with E-state index in [0.29, 0.717) is 21.4 Å². The Kier molecular flexibility index (Phi) is 6.71. The maximum absolute atomic E-state index is 12.8. The van der Waals surface area contributed by atoms with Gasteiger partial charge in [0.05, 0.1) is 4.91 Å². The number of carboxylic acid groups (broad SMARTS) is 1. The summed E-state index contributed by atoms with van der Waals surface area (Å²) in [5.41, 5.74) is 4.38. The zero-order valence-corrected chi connectivity index (χ0v) is 17.1. The second kappa shape index (κ2) is 8.38. The fraction of sp³-hybridized carbons (Fsp3) is 0.389. The van der Waals surface area contributed by atoms with Crippen molar-refractivity contribution in [2.75, 3.05) is 12.0 Å². The van der Waals surface area contributed by atoms with Gasteiger partial charge < -0.3 is 5.11 Å². The molecule has 4 nitrogen and oxygen atoms in total. The smallest absolute Gasteiger partial charge is 0.326 e. The summed E-state index contributed by atoms with van der Waals surface area (Å²) in [6.45, 7) is 6.08. The number of nitrogens with zero attached hydrogens (tertiary/aromatic N) is 1. The van der Waals surface area contributed by atoms with Crippen molar-refractivity contribution in [1.29, 1.82) is 0 Å². The van der Waals surface area contributed by atoms with Gasteiger partial charge in [-0.1, -0.05) is 36.1 Å². The molecule has 1 aliphatic heterocycles. The lowest BCUT2D eigenvalue weighted by Crippen LogP contribution is -2.44. The number of carbonyl (C=O) groups excluding carboxylic acids is 1. The van der Waals surface area contributed by atoms with Crippen LogP contribution in [0.2, 0.25) is 0 Å². The van der Waals surface area contributed by atoms with Crippen LogP contribution in [0.4, 0.5) is 0 Å². The van der Waals surface area contributed by atoms with Crippen LogP contribution < -0.4 is 0 Å². The van der Waals surface area contributed by atoms with E-state index in [1.165, 1.54) is 22.2 Å². The lowest BCUT2D eigenvalue weighted by atomic mass is 10.0. The summed E-state index contributed by atoms with van der Waals surface area (Å²) in [6, 6.07) is 3.21. The predicted octanol–water partition coefficient (Wildman–Crippen LogP) is 4.02. The molecule has 0 spiro atoms. The molecule has 25 heavy (non-hydrogen) atoms. The van der Waals surface area contributed by atoms with Gasteiger partial charge in [-0.25, -0.2) is 4.79 Å². The Bertz CT molecular complexity index is 758. The van der Waals surface area contributed by atoms with Gasteiger partial charge in [0, 0.05) is 0 Å². The van der Waals surface area contributed by atoms with E-state index in [2.05, 4.69) is 13.0 Å². The molecule has 1 aromatic carbocycles. The van der Waals surface area contributed by atoms with E-state index in [9.17, 15) is 14.7 Å². The number of aryl methyl sites for hydroxylation is 3. The van der Waals surface area contributed by atoms with E-state index < -0.39 is 12.0 Å². The van der Waals surface area contributed by atoms with Gasteiger partial charge in [0.2, 0.25) is 0 Å². The maximum atomic E-state index is 12.8. The molecule has 1 heterocycles. The fourth-order valence-corrected chi connectivity index (χ4v) is 4.43. The Balaban J connectivity index is 2.34. The molecule has 0 radical (unpaired) electrons. The fourth-order valence-electron chi connectivity index (χ4n) is 2.62. The van der Waals surface area contributed by atoms with Crippen molar-refractivity contribution in [3.05, 3.63) is 39.3 Å². The monoisotopic (exact) mass is 395 g/mol. The number of benzene rings is 1. The molecule has 7 heteroatoms. The number of carboxylic acids is 1. The van der Waals surface area contributed by atoms with Gasteiger partial charge in [-0.3, -0.25) is 9.69 Å². The van der Waals surface area contributed by atoms with Gasteiger partial charge in [0.1, 0.15) is 10.4 Å². The van der Waals surface area contributed by atoms with E-state index in [0.717, 1.165) is 16.7 Å². The van der Waals surface area contributed by atoms with Crippen LogP contribution in [0.5, 0.6) is 0 Å². The van der Waals surface area contributed by atoms with Crippen molar-refractivity contribution in [1.82, 2.24) is 4.90 Å². The molecular weight excluding hydrogens is 374 g/mol. The number of thioether (sulfide) groups is 2. The summed E-state index contributed by atoms with van der Waals surface area (Å²) in [5.74, 6) is -0.682. The van der Waals surface area contributed by atoms with Crippen molar-refractivity contribution < 1.29 is 14.7 Å². The van der Waals surface area contributed by atoms with Crippen LogP contribution in [-0.2, 0) is 9.59 Å². The first-order chi connectivity index (χ1) is 11.8. The van der Waals surface area contributed by atoms with Gasteiger partial charge in [0.15, 0.2) is 0 Å². The minimum Gasteiger partial charge on any atom is -0.480 e. The average molecular weight is 396 g/mol. The molecule has 2 rings (SSSR count). The Morgan fingerprint density at radius 2 is 1.96 bits per heavy atom. The van der Waals surface area contributed by atoms with E-state index in [1.807, 2.05) is 32.2 Å². The molecule has 1 fully saturated rings. The summed E-state index contributed by atoms with van der Waals surface area (Å²) in [5, 5.41) is 9.49. The molecule has 1 amide bonds. The lowest BCUT2D eigenvalue weighted by molar-refractivity contribution is -0.145. The Hall–Kier alpha value is -1.31. The topological polar surface area (TPSA) is 57.6 Å². The van der Waals surface area contributed by atoms with E-state index in [1.54, 1.807) is 11.8 Å². The van der Waals surface area contributed by atoms with Crippen molar-refractivity contribution in [2.45, 2.75) is 33.2 Å². The first-order valence-corrected chi connectivity index (χ1v) is 10.4. The molecule has 1 aromatic rings. The van der Waals surface area contributed by atoms with Gasteiger partial charge >= 0.3 is 5.97 Å². The third-order valence-corrected chi connectivity index (χ3v) is 6.16. The second-order valence-electron chi connectivity index (χ2n) is 5.98. The van der Waals surface area contributed by atoms with Gasteiger partial charge in [-0.05, 0) is 67.5 Å². The number of rotatable bonds is 6. The number of hydrogen-bond donors (Lipinski definition) is 1. The third-order valence-electron chi connectivity index (χ3n) is 4.18. The van der Waals surface area contributed by atoms with Crippen LogP contribution >= 0.6 is 35.7 Å². The normalized spacial score (nSPS) is 17.4. The first kappa shape index (κ1) is 20.0. The number of hydrogen-bond acceptors (Lipinski definition) is 5. The molecule has 0 aromatic heterocycles. The molecule has 1 atom stereocenters. The largest absolute Gasteiger partial charge is 0.480 e. The molecule has 1 aliphatic rings. The lowest BCUT2D eigenvalue weighted by Gasteiger charge is -2.22. The number of aliphatic carboxylic acids is 1. The second-order valence-corrected chi connectivity index (χ2v) is 8.64. The van der Waals surface area contributed by atoms with Gasteiger partial charge in [-0.2, -0.15) is 11.8 Å². The molecule has 134 valence electrons. The molecule has 0 unspecified atom stereocenters. The molecule has 0 saturated carbocycles. The minimum absolute atomic E-state index is 0.311. The molecule has 1 N–H and O–H groups in total. The van der Waals surface area contributed by atoms with Crippen molar-refractivity contribution >= 4 is 58.0 Å². The van der Waals surface area contributed by atoms with Crippen molar-refractivity contribution in [2.24, 2.45) is 0 Å². The third kappa shape index (κ3) is 4.46. The summed E-state index contributed by atoms with van der Waals surface area (Å²) < 4.78 is 0.311. The Morgan fingerprint density at radius 3 is 2.56 bits per heavy atom. The van der Waals surface area contributed by atoms with E-state index in [4.69, 9.17) is 12.2 Å². The van der Waals surface area contributed by atoms with Crippen LogP contribution in [0.3, 0.4) is 0 Å². The predicted molar refractivity (Wildman–Crippen MR) is 110 cm³/mol. The number of amides is 1. The van der Waals surface area contributed by atoms with Gasteiger partial charge in [-0.15, -0.1) is 0 Å². The molecule has 0 bridgehead atoms. The van der Waals surface area contributed by atoms with E-state index in [-0.39, 0.29) is 5.91 Å². The maximum Gasteiger partial charge on any atom is 0.326 e. The molecule has 1 saturated heterocycles. The highest BCUT2D eigenvalue weighted by Crippen LogP contribution is 2.35. The SMILES string of the molecule is CSCC[C@H](C(=O)O)N1C(=O)/C(=C\c2cc(C)c(C)cc2C)SC1=S. The Labute approximate surface area is 162 Å². The summed E-state index contributed by atoms with van der Waals surface area (Å²) >= 11 is 8.02. The summed E-state index contributed by atoms with van der Waals surface area (Å²) in [7, 11) is 0. The number of carbonyl (C=O) groups is 2. The minimum atomic E-state index is -1.02. The highest BCUT2D eigenvalue weighted by Gasteiger charge is 2.40. The van der Waals surface area contributed by atoms with Crippen LogP contribution in [-0.4, -0.2) is 44.3 Å². The zero-order valence-electron chi connectivity index (χ0n) is 14.7. The van der Waals surface area contributed by atoms with Crippen molar-refractivity contribution in [3.63, 3.8) is 0 Å². The summed E-state index contributed by atoms with van der Waals surface area (Å²) in [4.78, 5) is 26.1. The highest BCUT2D eigenvalue weighted by atomic mass is 32.2. The quantitative estimate of drug-likeness (QED) is 0.580. The Morgan fingerprint density at radius 1 is 1.32 bits per heavy atom. The standard InChI is InChI=1S/C18H21NO3S3/c1-10-7-12(3)13(8-11(10)2)9-15-16(20)19(18(23)25-15)14(17(21)22)5-6-24-4/h7-9,14H,5-6H2,1-4H3,(H,21,22)/b15-9+/t14-/m1/s1. The number of thiocarbonyl (C=S) groups is 1. The van der Waals surface area contributed by atoms with Crippen LogP contribution in [0.1, 0.15) is 28.7 Å². The highest BCUT2D eigenvalue weighted by molar-refractivity contribution is 8.26.